The summed E-state index contributed by atoms with van der Waals surface area (Å²) < 4.78 is 0. The van der Waals surface area contributed by atoms with Crippen LogP contribution in [0.5, 0.6) is 0 Å². The number of aryl methyl sites for hydroxylation is 2. The molecule has 2 rings (SSSR count). The first-order valence-electron chi connectivity index (χ1n) is 8.84. The molecule has 0 radical (unpaired) electrons. The zero-order chi connectivity index (χ0) is 19.1. The van der Waals surface area contributed by atoms with E-state index < -0.39 is 0 Å². The van der Waals surface area contributed by atoms with Crippen LogP contribution < -0.4 is 16.0 Å². The largest absolute Gasteiger partial charge is 0.376 e. The summed E-state index contributed by atoms with van der Waals surface area (Å²) in [5, 5.41) is 8.84. The van der Waals surface area contributed by atoms with Crippen LogP contribution in [0.1, 0.15) is 35.3 Å². The number of carbonyl (C=O) groups excluding carboxylic acids is 2. The first-order chi connectivity index (χ1) is 12.3. The van der Waals surface area contributed by atoms with Gasteiger partial charge in [0.25, 0.3) is 5.91 Å². The van der Waals surface area contributed by atoms with E-state index in [0.29, 0.717) is 23.7 Å². The number of benzene rings is 2. The van der Waals surface area contributed by atoms with Crippen LogP contribution in [-0.2, 0) is 4.79 Å². The molecule has 0 unspecified atom stereocenters. The summed E-state index contributed by atoms with van der Waals surface area (Å²) in [5.74, 6) is 0.164. The molecule has 0 atom stereocenters. The Balaban J connectivity index is 1.86. The van der Waals surface area contributed by atoms with Gasteiger partial charge in [-0.1, -0.05) is 31.5 Å². The third-order valence-corrected chi connectivity index (χ3v) is 3.92. The highest BCUT2D eigenvalue weighted by Crippen LogP contribution is 2.16. The number of rotatable bonds is 7. The van der Waals surface area contributed by atoms with Crippen LogP contribution in [0.25, 0.3) is 0 Å². The average Bonchev–Trinajstić information content (AvgIpc) is 2.59. The van der Waals surface area contributed by atoms with Crippen molar-refractivity contribution in [1.82, 2.24) is 5.32 Å². The van der Waals surface area contributed by atoms with E-state index in [1.165, 1.54) is 5.56 Å². The second-order valence-electron chi connectivity index (χ2n) is 6.90. The van der Waals surface area contributed by atoms with Crippen LogP contribution in [0.2, 0.25) is 0 Å². The van der Waals surface area contributed by atoms with Gasteiger partial charge in [-0.15, -0.1) is 0 Å². The van der Waals surface area contributed by atoms with Gasteiger partial charge in [-0.25, -0.2) is 0 Å². The molecule has 0 fully saturated rings. The lowest BCUT2D eigenvalue weighted by Gasteiger charge is -2.11. The average molecular weight is 353 g/mol. The minimum atomic E-state index is -0.137. The molecule has 2 aromatic carbocycles. The van der Waals surface area contributed by atoms with E-state index in [4.69, 9.17) is 0 Å². The van der Waals surface area contributed by atoms with Gasteiger partial charge in [-0.3, -0.25) is 9.59 Å². The van der Waals surface area contributed by atoms with Gasteiger partial charge in [0, 0.05) is 23.5 Å². The van der Waals surface area contributed by atoms with Crippen molar-refractivity contribution in [2.75, 3.05) is 23.7 Å². The minimum absolute atomic E-state index is 0.104. The lowest BCUT2D eigenvalue weighted by molar-refractivity contribution is -0.114. The Bertz CT molecular complexity index is 767. The number of amides is 2. The predicted octanol–water partition coefficient (Wildman–Crippen LogP) is 3.74. The first kappa shape index (κ1) is 19.5. The van der Waals surface area contributed by atoms with Gasteiger partial charge in [0.15, 0.2) is 0 Å². The second-order valence-corrected chi connectivity index (χ2v) is 6.90. The lowest BCUT2D eigenvalue weighted by Crippen LogP contribution is -2.27. The van der Waals surface area contributed by atoms with Crippen molar-refractivity contribution < 1.29 is 9.59 Å². The van der Waals surface area contributed by atoms with Crippen molar-refractivity contribution in [2.45, 2.75) is 27.7 Å². The fraction of sp³-hybridized carbons (Fsp3) is 0.333. The molecule has 0 heterocycles. The van der Waals surface area contributed by atoms with E-state index in [9.17, 15) is 9.59 Å². The van der Waals surface area contributed by atoms with Crippen molar-refractivity contribution in [3.63, 3.8) is 0 Å². The second kappa shape index (κ2) is 9.04. The van der Waals surface area contributed by atoms with E-state index in [1.54, 1.807) is 24.3 Å². The normalized spacial score (nSPS) is 10.5. The highest BCUT2D eigenvalue weighted by Gasteiger charge is 2.07. The molecule has 5 heteroatoms. The zero-order valence-electron chi connectivity index (χ0n) is 15.8. The summed E-state index contributed by atoms with van der Waals surface area (Å²) in [6.07, 6.45) is 0. The molecule has 0 bridgehead atoms. The number of nitrogens with one attached hydrogen (secondary N) is 3. The van der Waals surface area contributed by atoms with Crippen molar-refractivity contribution in [2.24, 2.45) is 5.92 Å². The fourth-order valence-corrected chi connectivity index (χ4v) is 2.50. The molecule has 26 heavy (non-hydrogen) atoms. The van der Waals surface area contributed by atoms with Crippen LogP contribution in [-0.4, -0.2) is 24.9 Å². The Hall–Kier alpha value is -2.82. The fourth-order valence-electron chi connectivity index (χ4n) is 2.50. The quantitative estimate of drug-likeness (QED) is 0.710. The highest BCUT2D eigenvalue weighted by molar-refractivity contribution is 5.96. The Morgan fingerprint density at radius 2 is 1.69 bits per heavy atom. The molecule has 0 aromatic heterocycles. The number of hydrogen-bond acceptors (Lipinski definition) is 3. The molecule has 138 valence electrons. The molecule has 0 aliphatic heterocycles. The van der Waals surface area contributed by atoms with E-state index >= 15 is 0 Å². The summed E-state index contributed by atoms with van der Waals surface area (Å²) in [6, 6.07) is 13.0. The van der Waals surface area contributed by atoms with Crippen molar-refractivity contribution in [3.05, 3.63) is 59.2 Å². The van der Waals surface area contributed by atoms with Gasteiger partial charge in [0.1, 0.15) is 0 Å². The van der Waals surface area contributed by atoms with E-state index in [-0.39, 0.29) is 18.4 Å². The standard InChI is InChI=1S/C21H27N3O2/c1-14(2)12-23-21(26)17-6-8-18(9-7-17)24-20(25)13-22-19-10-5-15(3)11-16(19)4/h5-11,14,22H,12-13H2,1-4H3,(H,23,26)(H,24,25). The molecule has 0 aliphatic carbocycles. The number of anilines is 2. The van der Waals surface area contributed by atoms with E-state index in [2.05, 4.69) is 22.0 Å². The van der Waals surface area contributed by atoms with Gasteiger partial charge in [0.05, 0.1) is 6.54 Å². The Morgan fingerprint density at radius 3 is 2.31 bits per heavy atom. The Morgan fingerprint density at radius 1 is 1.00 bits per heavy atom. The molecule has 0 saturated carbocycles. The van der Waals surface area contributed by atoms with Crippen molar-refractivity contribution in [3.8, 4) is 0 Å². The van der Waals surface area contributed by atoms with Gasteiger partial charge in [0.2, 0.25) is 5.91 Å². The Kier molecular flexibility index (Phi) is 6.78. The van der Waals surface area contributed by atoms with Crippen LogP contribution in [0.3, 0.4) is 0 Å². The number of hydrogen-bond donors (Lipinski definition) is 3. The SMILES string of the molecule is Cc1ccc(NCC(=O)Nc2ccc(C(=O)NCC(C)C)cc2)c(C)c1. The van der Waals surface area contributed by atoms with Gasteiger partial charge in [-0.2, -0.15) is 0 Å². The lowest BCUT2D eigenvalue weighted by atomic mass is 10.1. The van der Waals surface area contributed by atoms with E-state index in [1.807, 2.05) is 39.8 Å². The summed E-state index contributed by atoms with van der Waals surface area (Å²) in [4.78, 5) is 24.1. The Labute approximate surface area is 155 Å². The third kappa shape index (κ3) is 5.92. The molecule has 0 saturated heterocycles. The van der Waals surface area contributed by atoms with Gasteiger partial charge < -0.3 is 16.0 Å². The summed E-state index contributed by atoms with van der Waals surface area (Å²) in [7, 11) is 0. The topological polar surface area (TPSA) is 70.2 Å². The molecule has 5 nitrogen and oxygen atoms in total. The van der Waals surface area contributed by atoms with Gasteiger partial charge >= 0.3 is 0 Å². The first-order valence-corrected chi connectivity index (χ1v) is 8.84. The molecule has 3 N–H and O–H groups in total. The van der Waals surface area contributed by atoms with Crippen LogP contribution in [0.4, 0.5) is 11.4 Å². The molecular formula is C21H27N3O2. The predicted molar refractivity (Wildman–Crippen MR) is 107 cm³/mol. The van der Waals surface area contributed by atoms with Gasteiger partial charge in [-0.05, 0) is 55.7 Å². The highest BCUT2D eigenvalue weighted by atomic mass is 16.2. The summed E-state index contributed by atoms with van der Waals surface area (Å²) in [5.41, 5.74) is 4.49. The summed E-state index contributed by atoms with van der Waals surface area (Å²) >= 11 is 0. The monoisotopic (exact) mass is 353 g/mol. The third-order valence-electron chi connectivity index (χ3n) is 3.92. The maximum atomic E-state index is 12.1. The van der Waals surface area contributed by atoms with Crippen molar-refractivity contribution in [1.29, 1.82) is 0 Å². The number of carbonyl (C=O) groups is 2. The molecule has 2 amide bonds. The van der Waals surface area contributed by atoms with E-state index in [0.717, 1.165) is 11.3 Å². The van der Waals surface area contributed by atoms with Crippen LogP contribution >= 0.6 is 0 Å². The van der Waals surface area contributed by atoms with Crippen molar-refractivity contribution >= 4 is 23.2 Å². The minimum Gasteiger partial charge on any atom is -0.376 e. The zero-order valence-corrected chi connectivity index (χ0v) is 15.8. The molecular weight excluding hydrogens is 326 g/mol. The smallest absolute Gasteiger partial charge is 0.251 e. The maximum absolute atomic E-state index is 12.1. The molecule has 0 spiro atoms. The molecule has 2 aromatic rings. The summed E-state index contributed by atoms with van der Waals surface area (Å²) in [6.45, 7) is 8.96. The molecule has 0 aliphatic rings. The van der Waals surface area contributed by atoms with Crippen LogP contribution in [0, 0.1) is 19.8 Å². The van der Waals surface area contributed by atoms with Crippen LogP contribution in [0.15, 0.2) is 42.5 Å². The maximum Gasteiger partial charge on any atom is 0.251 e.